The van der Waals surface area contributed by atoms with Crippen molar-refractivity contribution in [3.05, 3.63) is 0 Å². The number of hydrogen-bond donors (Lipinski definition) is 20. The first-order valence-electron chi connectivity index (χ1n) is 10.6. The maximum Gasteiger partial charge on any atom is 1.00 e. The molecule has 0 aliphatic carbocycles. The van der Waals surface area contributed by atoms with Crippen LogP contribution >= 0.6 is 110 Å². The minimum atomic E-state index is -5.68. The first-order chi connectivity index (χ1) is 25.4. The molecule has 20 N–H and O–H groups in total. The number of rotatable bonds is 18. The van der Waals surface area contributed by atoms with E-state index in [-0.39, 0.29) is 118 Å². The molecule has 65 heavy (non-hydrogen) atoms. The summed E-state index contributed by atoms with van der Waals surface area (Å²) < 4.78 is 167. The summed E-state index contributed by atoms with van der Waals surface area (Å²) >= 11 is 0. The van der Waals surface area contributed by atoms with Crippen LogP contribution in [0.5, 0.6) is 0 Å². The van der Waals surface area contributed by atoms with Crippen LogP contribution in [0.25, 0.3) is 0 Å². The Labute approximate surface area is 443 Å². The van der Waals surface area contributed by atoms with Gasteiger partial charge in [-0.1, -0.05) is 0 Å². The first kappa shape index (κ1) is 90.4. The summed E-state index contributed by atoms with van der Waals surface area (Å²) in [6, 6.07) is 0. The molecular formula is H20Na4O47P14. The van der Waals surface area contributed by atoms with Gasteiger partial charge in [-0.05, 0) is 0 Å². The zero-order chi connectivity index (χ0) is 51.4. The molecule has 0 saturated carbocycles. The van der Waals surface area contributed by atoms with Crippen molar-refractivity contribution in [2.75, 3.05) is 0 Å². The topological polar surface area (TPSA) is 819 Å². The van der Waals surface area contributed by atoms with Crippen molar-refractivity contribution >= 4 is 110 Å². The van der Waals surface area contributed by atoms with Gasteiger partial charge in [0.15, 0.2) is 0 Å². The van der Waals surface area contributed by atoms with Crippen molar-refractivity contribution < 1.29 is 338 Å². The Morgan fingerprint density at radius 3 is 0.308 bits per heavy atom. The quantitative estimate of drug-likeness (QED) is 0.0448. The molecular weight excluding hydrogens is 1280 g/mol. The minimum Gasteiger partial charge on any atom is -0.790 e. The predicted molar refractivity (Wildman–Crippen MR) is 161 cm³/mol. The Balaban J connectivity index is -0.0000000853. The fourth-order valence-electron chi connectivity index (χ4n) is 1.26. The van der Waals surface area contributed by atoms with Crippen molar-refractivity contribution in [1.82, 2.24) is 0 Å². The molecule has 0 aromatic carbocycles. The van der Waals surface area contributed by atoms with Crippen molar-refractivity contribution in [3.63, 3.8) is 0 Å². The molecule has 65 heteroatoms. The normalized spacial score (nSPS) is 13.5. The molecule has 0 amide bonds. The zero-order valence-electron chi connectivity index (χ0n) is 30.2. The Morgan fingerprint density at radius 1 is 0.200 bits per heavy atom. The Hall–Kier alpha value is 5.90. The molecule has 0 rings (SSSR count). The van der Waals surface area contributed by atoms with E-state index in [1.807, 2.05) is 0 Å². The average Bonchev–Trinajstić information content (AvgIpc) is 2.62. The summed E-state index contributed by atoms with van der Waals surface area (Å²) in [6.07, 6.45) is 0. The van der Waals surface area contributed by atoms with Crippen LogP contribution in [0.1, 0.15) is 0 Å². The van der Waals surface area contributed by atoms with Gasteiger partial charge < -0.3 is 131 Å². The van der Waals surface area contributed by atoms with Gasteiger partial charge in [-0.15, -0.1) is 0 Å². The van der Waals surface area contributed by atoms with Crippen LogP contribution in [-0.4, -0.2) is 97.9 Å². The molecule has 0 aliphatic rings. The maximum absolute atomic E-state index is 10.4. The molecule has 0 atom stereocenters. The van der Waals surface area contributed by atoms with Gasteiger partial charge in [-0.25, -0.2) is 54.8 Å². The van der Waals surface area contributed by atoms with Crippen LogP contribution in [0, 0.1) is 0 Å². The van der Waals surface area contributed by atoms with E-state index < -0.39 is 110 Å². The molecule has 0 aromatic heterocycles. The van der Waals surface area contributed by atoms with E-state index >= 15 is 0 Å². The summed E-state index contributed by atoms with van der Waals surface area (Å²) in [7, 11) is -76.0. The molecule has 0 unspecified atom stereocenters. The Morgan fingerprint density at radius 2 is 0.277 bits per heavy atom. The summed E-state index contributed by atoms with van der Waals surface area (Å²) in [5.74, 6) is 0. The van der Waals surface area contributed by atoms with Gasteiger partial charge in [0.2, 0.25) is 0 Å². The van der Waals surface area contributed by atoms with Crippen molar-refractivity contribution in [1.29, 1.82) is 0 Å². The first-order valence-corrected chi connectivity index (χ1v) is 31.7. The number of phosphoric acid groups is 14. The third-order valence-electron chi connectivity index (χ3n) is 1.88. The van der Waals surface area contributed by atoms with Crippen LogP contribution in [0.2, 0.25) is 0 Å². The summed E-state index contributed by atoms with van der Waals surface area (Å²) in [6.45, 7) is 0. The standard InChI is InChI=1S/4Na.4H5O10P3.H4O7P2/c;;;;4*1-11(2,3)9-13(7,8)10-12(4,5)6;1-8(2,3)7-9(4,5)6/h;;;;4*(H,7,8)(H2,1,2,3)(H2,4,5,6);(H2,1,2,3)(H2,4,5,6)/q4*+1;;;;;/p-4. The van der Waals surface area contributed by atoms with Gasteiger partial charge >= 0.3 is 212 Å². The molecule has 0 radical (unpaired) electrons. The third-order valence-corrected chi connectivity index (χ3v) is 16.9. The molecule has 376 valence electrons. The second kappa shape index (κ2) is 33.9. The fourth-order valence-corrected chi connectivity index (χ4v) is 12.4. The molecule has 0 saturated heterocycles. The van der Waals surface area contributed by atoms with E-state index in [4.69, 9.17) is 97.9 Å². The molecule has 0 fully saturated rings. The fraction of sp³-hybridized carbons (Fsp3) is 0. The van der Waals surface area contributed by atoms with Gasteiger partial charge in [-0.3, -0.25) is 0 Å². The van der Waals surface area contributed by atoms with Crippen LogP contribution < -0.4 is 138 Å². The van der Waals surface area contributed by atoms with E-state index in [9.17, 15) is 83.5 Å². The van der Waals surface area contributed by atoms with Crippen LogP contribution in [0.15, 0.2) is 0 Å². The molecule has 0 aliphatic heterocycles. The SMILES string of the molecule is O=P(O)(O)OP(=O)(O)OP(=O)(O)O.O=P(O)(O)OP(=O)(O)OP(=O)(O)O.O=P(O)(O)OP(=O)(O)OP(=O)(O)O.O=P(O)(O)OP(=O)(O)OP(=O)(O)O.O=P([O-])([O-])OP(=O)([O-])[O-].[Na+].[Na+].[Na+].[Na+]. The van der Waals surface area contributed by atoms with Crippen molar-refractivity contribution in [2.45, 2.75) is 0 Å². The molecule has 0 aromatic rings. The van der Waals surface area contributed by atoms with E-state index in [0.717, 1.165) is 0 Å². The van der Waals surface area contributed by atoms with Gasteiger partial charge in [0.25, 0.3) is 0 Å². The van der Waals surface area contributed by atoms with Crippen LogP contribution in [-0.2, 0) is 103 Å². The smallest absolute Gasteiger partial charge is 0.790 e. The summed E-state index contributed by atoms with van der Waals surface area (Å²) in [4.78, 5) is 198. The van der Waals surface area contributed by atoms with Crippen molar-refractivity contribution in [3.8, 4) is 0 Å². The molecule has 47 nitrogen and oxygen atoms in total. The predicted octanol–water partition coefficient (Wildman–Crippen LogP) is -18.1. The molecule has 0 bridgehead atoms. The van der Waals surface area contributed by atoms with Crippen LogP contribution in [0.4, 0.5) is 0 Å². The zero-order valence-corrected chi connectivity index (χ0v) is 50.7. The van der Waals surface area contributed by atoms with Crippen LogP contribution in [0.3, 0.4) is 0 Å². The minimum absolute atomic E-state index is 0. The monoisotopic (exact) mass is 1300 g/mol. The average molecular weight is 1300 g/mol. The second-order valence-electron chi connectivity index (χ2n) is 7.43. The third kappa shape index (κ3) is 89.8. The molecule has 0 spiro atoms. The maximum atomic E-state index is 10.4. The van der Waals surface area contributed by atoms with Gasteiger partial charge in [0.05, 0.1) is 15.6 Å². The Kier molecular flexibility index (Phi) is 47.2. The van der Waals surface area contributed by atoms with Crippen molar-refractivity contribution in [2.24, 2.45) is 0 Å². The van der Waals surface area contributed by atoms with E-state index in [0.29, 0.717) is 0 Å². The van der Waals surface area contributed by atoms with E-state index in [1.165, 1.54) is 0 Å². The largest absolute Gasteiger partial charge is 1.00 e. The van der Waals surface area contributed by atoms with E-state index in [1.54, 1.807) is 0 Å². The van der Waals surface area contributed by atoms with Gasteiger partial charge in [0, 0.05) is 0 Å². The Bertz CT molecular complexity index is 1690. The summed E-state index contributed by atoms with van der Waals surface area (Å²) in [5, 5.41) is 0. The van der Waals surface area contributed by atoms with Gasteiger partial charge in [0.1, 0.15) is 0 Å². The number of hydrogen-bond acceptors (Lipinski definition) is 27. The summed E-state index contributed by atoms with van der Waals surface area (Å²) in [5.41, 5.74) is 0. The molecule has 0 heterocycles. The van der Waals surface area contributed by atoms with E-state index in [2.05, 4.69) is 38.8 Å². The second-order valence-corrected chi connectivity index (χ2v) is 26.7. The van der Waals surface area contributed by atoms with Gasteiger partial charge in [-0.2, -0.15) is 34.5 Å².